The molecule has 1 aliphatic heterocycles. The Bertz CT molecular complexity index is 587. The van der Waals surface area contributed by atoms with Gasteiger partial charge in [-0.05, 0) is 37.1 Å². The molecule has 0 unspecified atom stereocenters. The largest absolute Gasteiger partial charge is 0.483 e. The lowest BCUT2D eigenvalue weighted by atomic mass is 10.2. The lowest BCUT2D eigenvalue weighted by Gasteiger charge is -2.35. The summed E-state index contributed by atoms with van der Waals surface area (Å²) in [5, 5.41) is 0. The second kappa shape index (κ2) is 7.25. The maximum absolute atomic E-state index is 5.66. The highest BCUT2D eigenvalue weighted by Gasteiger charge is 2.41. The van der Waals surface area contributed by atoms with E-state index >= 15 is 0 Å². The topological polar surface area (TPSA) is 21.6 Å². The average Bonchev–Trinajstić information content (AvgIpc) is 2.57. The van der Waals surface area contributed by atoms with Crippen molar-refractivity contribution in [3.63, 3.8) is 0 Å². The van der Waals surface area contributed by atoms with Crippen LogP contribution in [0.15, 0.2) is 75.4 Å². The summed E-state index contributed by atoms with van der Waals surface area (Å²) < 4.78 is 5.48. The van der Waals surface area contributed by atoms with Crippen molar-refractivity contribution in [3.05, 3.63) is 60.7 Å². The Balaban J connectivity index is 1.94. The van der Waals surface area contributed by atoms with Gasteiger partial charge in [0.1, 0.15) is 4.08 Å². The third-order valence-corrected chi connectivity index (χ3v) is 6.42. The van der Waals surface area contributed by atoms with Crippen LogP contribution in [0.4, 0.5) is 0 Å². The molecule has 0 aliphatic carbocycles. The Morgan fingerprint density at radius 3 is 1.95 bits per heavy atom. The third kappa shape index (κ3) is 3.50. The average molecular weight is 329 g/mol. The van der Waals surface area contributed by atoms with Crippen LogP contribution in [0, 0.1) is 0 Å². The number of thioether (sulfide) groups is 2. The molecule has 0 amide bonds. The molecular formula is C18H19NOS2. The predicted octanol–water partition coefficient (Wildman–Crippen LogP) is 5.11. The van der Waals surface area contributed by atoms with Crippen LogP contribution >= 0.6 is 23.5 Å². The van der Waals surface area contributed by atoms with Crippen molar-refractivity contribution in [2.75, 3.05) is 13.7 Å². The molecule has 0 radical (unpaired) electrons. The molecule has 0 spiro atoms. The van der Waals surface area contributed by atoms with Crippen molar-refractivity contribution in [3.8, 4) is 0 Å². The van der Waals surface area contributed by atoms with Crippen LogP contribution in [-0.2, 0) is 4.74 Å². The third-order valence-electron chi connectivity index (χ3n) is 3.49. The van der Waals surface area contributed by atoms with Crippen LogP contribution in [0.5, 0.6) is 0 Å². The molecule has 0 aromatic heterocycles. The fraction of sp³-hybridized carbons (Fsp3) is 0.278. The van der Waals surface area contributed by atoms with Gasteiger partial charge in [-0.1, -0.05) is 59.9 Å². The molecule has 114 valence electrons. The van der Waals surface area contributed by atoms with Crippen molar-refractivity contribution in [1.82, 2.24) is 0 Å². The lowest BCUT2D eigenvalue weighted by molar-refractivity contribution is 0.376. The van der Waals surface area contributed by atoms with Crippen molar-refractivity contribution < 1.29 is 4.74 Å². The van der Waals surface area contributed by atoms with Gasteiger partial charge in [0.25, 0.3) is 0 Å². The Kier molecular flexibility index (Phi) is 5.11. The van der Waals surface area contributed by atoms with Gasteiger partial charge in [-0.3, -0.25) is 4.99 Å². The van der Waals surface area contributed by atoms with Gasteiger partial charge in [-0.25, -0.2) is 0 Å². The molecule has 3 rings (SSSR count). The smallest absolute Gasteiger partial charge is 0.210 e. The van der Waals surface area contributed by atoms with Gasteiger partial charge >= 0.3 is 0 Å². The first kappa shape index (κ1) is 15.5. The standard InChI is InChI=1S/C18H19NOS2/c1-20-17-18(13-8-14-19-17,21-15-9-4-2-5-10-15)22-16-11-6-3-7-12-16/h2-7,9-12H,8,13-14H2,1H3. The number of hydrogen-bond acceptors (Lipinski definition) is 4. The van der Waals surface area contributed by atoms with Crippen LogP contribution in [0.2, 0.25) is 0 Å². The normalized spacial score (nSPS) is 16.9. The molecule has 2 nitrogen and oxygen atoms in total. The van der Waals surface area contributed by atoms with Gasteiger partial charge in [0.15, 0.2) is 0 Å². The van der Waals surface area contributed by atoms with Crippen LogP contribution in [-0.4, -0.2) is 23.6 Å². The van der Waals surface area contributed by atoms with Crippen LogP contribution < -0.4 is 0 Å². The lowest BCUT2D eigenvalue weighted by Crippen LogP contribution is -2.36. The van der Waals surface area contributed by atoms with E-state index in [2.05, 4.69) is 53.5 Å². The minimum absolute atomic E-state index is 0.185. The van der Waals surface area contributed by atoms with E-state index in [-0.39, 0.29) is 4.08 Å². The van der Waals surface area contributed by atoms with E-state index in [0.717, 1.165) is 25.3 Å². The van der Waals surface area contributed by atoms with Crippen molar-refractivity contribution in [2.45, 2.75) is 26.7 Å². The highest BCUT2D eigenvalue weighted by Crippen LogP contribution is 2.50. The summed E-state index contributed by atoms with van der Waals surface area (Å²) in [4.78, 5) is 7.14. The summed E-state index contributed by atoms with van der Waals surface area (Å²) in [6, 6.07) is 21.0. The summed E-state index contributed by atoms with van der Waals surface area (Å²) in [6.07, 6.45) is 2.14. The molecule has 1 aliphatic rings. The van der Waals surface area contributed by atoms with Crippen LogP contribution in [0.1, 0.15) is 12.8 Å². The molecular weight excluding hydrogens is 310 g/mol. The number of ether oxygens (including phenoxy) is 1. The Morgan fingerprint density at radius 2 is 1.45 bits per heavy atom. The molecule has 1 heterocycles. The first-order chi connectivity index (χ1) is 10.8. The van der Waals surface area contributed by atoms with Gasteiger partial charge in [0, 0.05) is 16.3 Å². The Hall–Kier alpha value is -1.39. The highest BCUT2D eigenvalue weighted by atomic mass is 32.2. The summed E-state index contributed by atoms with van der Waals surface area (Å²) in [5.74, 6) is 0.849. The van der Waals surface area contributed by atoms with E-state index in [1.54, 1.807) is 7.11 Å². The monoisotopic (exact) mass is 329 g/mol. The summed E-state index contributed by atoms with van der Waals surface area (Å²) in [7, 11) is 1.73. The van der Waals surface area contributed by atoms with Gasteiger partial charge < -0.3 is 4.74 Å². The highest BCUT2D eigenvalue weighted by molar-refractivity contribution is 8.19. The zero-order chi connectivity index (χ0) is 15.3. The number of benzene rings is 2. The molecule has 0 bridgehead atoms. The SMILES string of the molecule is COC1=NCCCC1(Sc1ccccc1)Sc1ccccc1. The maximum Gasteiger partial charge on any atom is 0.210 e. The first-order valence-electron chi connectivity index (χ1n) is 7.39. The molecule has 0 atom stereocenters. The van der Waals surface area contributed by atoms with Gasteiger partial charge in [-0.15, -0.1) is 0 Å². The van der Waals surface area contributed by atoms with E-state index < -0.39 is 0 Å². The molecule has 0 saturated carbocycles. The second-order valence-corrected chi connectivity index (χ2v) is 8.08. The summed E-state index contributed by atoms with van der Waals surface area (Å²) in [5.41, 5.74) is 0. The number of methoxy groups -OCH3 is 1. The number of hydrogen-bond donors (Lipinski definition) is 0. The molecule has 22 heavy (non-hydrogen) atoms. The molecule has 2 aromatic carbocycles. The molecule has 0 saturated heterocycles. The summed E-state index contributed by atoms with van der Waals surface area (Å²) in [6.45, 7) is 0.857. The van der Waals surface area contributed by atoms with Crippen LogP contribution in [0.3, 0.4) is 0 Å². The number of nitrogens with zero attached hydrogens (tertiary/aromatic N) is 1. The van der Waals surface area contributed by atoms with Crippen LogP contribution in [0.25, 0.3) is 0 Å². The minimum atomic E-state index is -0.185. The maximum atomic E-state index is 5.66. The fourth-order valence-corrected chi connectivity index (χ4v) is 5.56. The number of rotatable bonds is 4. The second-order valence-electron chi connectivity index (χ2n) is 5.08. The van der Waals surface area contributed by atoms with E-state index in [0.29, 0.717) is 0 Å². The predicted molar refractivity (Wildman–Crippen MR) is 95.9 cm³/mol. The Labute approximate surface area is 140 Å². The Morgan fingerprint density at radius 1 is 0.909 bits per heavy atom. The zero-order valence-corrected chi connectivity index (χ0v) is 14.2. The minimum Gasteiger partial charge on any atom is -0.483 e. The van der Waals surface area contributed by atoms with Crippen molar-refractivity contribution in [2.24, 2.45) is 4.99 Å². The van der Waals surface area contributed by atoms with Crippen molar-refractivity contribution in [1.29, 1.82) is 0 Å². The van der Waals surface area contributed by atoms with Gasteiger partial charge in [0.2, 0.25) is 5.90 Å². The van der Waals surface area contributed by atoms with E-state index in [9.17, 15) is 0 Å². The molecule has 0 fully saturated rings. The van der Waals surface area contributed by atoms with Gasteiger partial charge in [0.05, 0.1) is 7.11 Å². The van der Waals surface area contributed by atoms with E-state index in [4.69, 9.17) is 4.74 Å². The fourth-order valence-electron chi connectivity index (χ4n) is 2.51. The molecule has 0 N–H and O–H groups in total. The molecule has 2 aromatic rings. The zero-order valence-electron chi connectivity index (χ0n) is 12.6. The quantitative estimate of drug-likeness (QED) is 0.728. The van der Waals surface area contributed by atoms with E-state index in [1.807, 2.05) is 35.7 Å². The molecule has 4 heteroatoms. The first-order valence-corrected chi connectivity index (χ1v) is 9.03. The summed E-state index contributed by atoms with van der Waals surface area (Å²) >= 11 is 3.69. The van der Waals surface area contributed by atoms with Gasteiger partial charge in [-0.2, -0.15) is 0 Å². The van der Waals surface area contributed by atoms with Crippen molar-refractivity contribution >= 4 is 29.4 Å². The van der Waals surface area contributed by atoms with E-state index in [1.165, 1.54) is 9.79 Å². The number of aliphatic imine (C=N–C) groups is 1.